The molecule has 1 aromatic rings. The van der Waals surface area contributed by atoms with E-state index in [-0.39, 0.29) is 5.88 Å². The summed E-state index contributed by atoms with van der Waals surface area (Å²) in [5, 5.41) is 14.2. The van der Waals surface area contributed by atoms with Gasteiger partial charge >= 0.3 is 0 Å². The van der Waals surface area contributed by atoms with Gasteiger partial charge in [-0.1, -0.05) is 27.2 Å². The van der Waals surface area contributed by atoms with E-state index in [4.69, 9.17) is 0 Å². The van der Waals surface area contributed by atoms with Crippen LogP contribution in [0.25, 0.3) is 0 Å². The van der Waals surface area contributed by atoms with Crippen molar-refractivity contribution in [1.29, 1.82) is 0 Å². The zero-order valence-electron chi connectivity index (χ0n) is 11.1. The van der Waals surface area contributed by atoms with Crippen molar-refractivity contribution in [2.75, 3.05) is 0 Å². The number of rotatable bonds is 5. The van der Waals surface area contributed by atoms with Crippen molar-refractivity contribution in [3.63, 3.8) is 0 Å². The summed E-state index contributed by atoms with van der Waals surface area (Å²) in [4.78, 5) is 0. The molecule has 0 aromatic carbocycles. The topological polar surface area (TPSA) is 38.1 Å². The van der Waals surface area contributed by atoms with E-state index in [1.807, 2.05) is 4.68 Å². The molecule has 0 unspecified atom stereocenters. The first-order valence-electron chi connectivity index (χ1n) is 6.29. The molecule has 0 bridgehead atoms. The zero-order valence-corrected chi connectivity index (χ0v) is 11.1. The maximum absolute atomic E-state index is 9.90. The lowest BCUT2D eigenvalue weighted by Crippen LogP contribution is -2.09. The summed E-state index contributed by atoms with van der Waals surface area (Å²) in [5.41, 5.74) is 2.24. The van der Waals surface area contributed by atoms with Gasteiger partial charge in [0.2, 0.25) is 5.88 Å². The van der Waals surface area contributed by atoms with Crippen LogP contribution in [0.1, 0.15) is 70.7 Å². The van der Waals surface area contributed by atoms with Crippen LogP contribution in [0, 0.1) is 0 Å². The molecular formula is C13H24N2O. The van der Waals surface area contributed by atoms with Crippen LogP contribution in [0.15, 0.2) is 0 Å². The van der Waals surface area contributed by atoms with Crippen LogP contribution in [0.2, 0.25) is 0 Å². The average Bonchev–Trinajstić information content (AvgIpc) is 2.52. The maximum atomic E-state index is 9.90. The molecule has 1 rings (SSSR count). The normalized spacial score (nSPS) is 11.7. The first-order chi connectivity index (χ1) is 7.49. The predicted molar refractivity (Wildman–Crippen MR) is 67.0 cm³/mol. The quantitative estimate of drug-likeness (QED) is 0.829. The van der Waals surface area contributed by atoms with E-state index < -0.39 is 0 Å². The van der Waals surface area contributed by atoms with Gasteiger partial charge in [0, 0.05) is 17.3 Å². The van der Waals surface area contributed by atoms with Crippen LogP contribution >= 0.6 is 0 Å². The van der Waals surface area contributed by atoms with Crippen molar-refractivity contribution in [2.24, 2.45) is 0 Å². The van der Waals surface area contributed by atoms with E-state index in [2.05, 4.69) is 39.7 Å². The first kappa shape index (κ1) is 13.1. The molecule has 0 aliphatic carbocycles. The Bertz CT molecular complexity index is 340. The van der Waals surface area contributed by atoms with Crippen LogP contribution in [0.4, 0.5) is 0 Å². The van der Waals surface area contributed by atoms with E-state index in [9.17, 15) is 5.11 Å². The fraction of sp³-hybridized carbons (Fsp3) is 0.769. The highest BCUT2D eigenvalue weighted by Gasteiger charge is 2.20. The molecule has 0 amide bonds. The Morgan fingerprint density at radius 3 is 2.31 bits per heavy atom. The second-order valence-electron chi connectivity index (χ2n) is 4.98. The molecular weight excluding hydrogens is 200 g/mol. The molecule has 3 heteroatoms. The van der Waals surface area contributed by atoms with Gasteiger partial charge in [-0.2, -0.15) is 0 Å². The van der Waals surface area contributed by atoms with Crippen molar-refractivity contribution in [3.05, 3.63) is 11.3 Å². The minimum absolute atomic E-state index is 0.228. The van der Waals surface area contributed by atoms with Crippen LogP contribution in [-0.2, 0) is 6.42 Å². The van der Waals surface area contributed by atoms with Gasteiger partial charge in [-0.05, 0) is 32.6 Å². The number of unbranched alkanes of at least 4 members (excludes halogenated alkanes) is 1. The lowest BCUT2D eigenvalue weighted by atomic mass is 10.0. The number of aromatic nitrogens is 2. The third kappa shape index (κ3) is 2.57. The number of nitrogens with zero attached hydrogens (tertiary/aromatic N) is 2. The van der Waals surface area contributed by atoms with E-state index in [0.717, 1.165) is 24.8 Å². The molecule has 1 aromatic heterocycles. The van der Waals surface area contributed by atoms with Crippen molar-refractivity contribution in [2.45, 2.75) is 65.8 Å². The van der Waals surface area contributed by atoms with Crippen LogP contribution in [-0.4, -0.2) is 14.9 Å². The Kier molecular flexibility index (Phi) is 4.39. The van der Waals surface area contributed by atoms with Gasteiger partial charge < -0.3 is 5.11 Å². The summed E-state index contributed by atoms with van der Waals surface area (Å²) >= 11 is 0. The second-order valence-corrected chi connectivity index (χ2v) is 4.98. The van der Waals surface area contributed by atoms with Gasteiger partial charge in [-0.15, -0.1) is 5.10 Å². The molecule has 0 aliphatic rings. The Morgan fingerprint density at radius 1 is 1.25 bits per heavy atom. The van der Waals surface area contributed by atoms with Crippen molar-refractivity contribution >= 4 is 0 Å². The average molecular weight is 224 g/mol. The highest BCUT2D eigenvalue weighted by Crippen LogP contribution is 2.30. The molecule has 0 saturated heterocycles. The number of hydrogen-bond acceptors (Lipinski definition) is 2. The predicted octanol–water partition coefficient (Wildman–Crippen LogP) is 3.64. The monoisotopic (exact) mass is 224 g/mol. The van der Waals surface area contributed by atoms with E-state index in [0.29, 0.717) is 12.0 Å². The summed E-state index contributed by atoms with van der Waals surface area (Å²) in [6.07, 6.45) is 3.18. The lowest BCUT2D eigenvalue weighted by Gasteiger charge is -2.14. The van der Waals surface area contributed by atoms with Crippen molar-refractivity contribution in [3.8, 4) is 5.88 Å². The third-order valence-electron chi connectivity index (χ3n) is 2.84. The summed E-state index contributed by atoms with van der Waals surface area (Å²) in [7, 11) is 0. The van der Waals surface area contributed by atoms with Crippen LogP contribution < -0.4 is 0 Å². The third-order valence-corrected chi connectivity index (χ3v) is 2.84. The van der Waals surface area contributed by atoms with Gasteiger partial charge in [0.25, 0.3) is 0 Å². The maximum Gasteiger partial charge on any atom is 0.233 e. The van der Waals surface area contributed by atoms with Gasteiger partial charge in [0.15, 0.2) is 0 Å². The zero-order chi connectivity index (χ0) is 12.3. The highest BCUT2D eigenvalue weighted by atomic mass is 16.3. The molecule has 0 saturated carbocycles. The number of hydrogen-bond donors (Lipinski definition) is 1. The smallest absolute Gasteiger partial charge is 0.233 e. The summed E-state index contributed by atoms with van der Waals surface area (Å²) < 4.78 is 1.96. The molecule has 0 atom stereocenters. The van der Waals surface area contributed by atoms with E-state index >= 15 is 0 Å². The molecule has 1 heterocycles. The number of aromatic hydroxyl groups is 1. The Hall–Kier alpha value is -0.990. The van der Waals surface area contributed by atoms with Crippen LogP contribution in [0.3, 0.4) is 0 Å². The van der Waals surface area contributed by atoms with Gasteiger partial charge in [-0.25, -0.2) is 0 Å². The van der Waals surface area contributed by atoms with Gasteiger partial charge in [0.05, 0.1) is 0 Å². The minimum Gasteiger partial charge on any atom is -0.492 e. The summed E-state index contributed by atoms with van der Waals surface area (Å²) in [6, 6.07) is 0.304. The van der Waals surface area contributed by atoms with Gasteiger partial charge in [0.1, 0.15) is 0 Å². The standard InChI is InChI=1S/C13H24N2O/c1-6-7-8-11-12(9(2)3)15(10(4)5)14-13(11)16/h9-10H,6-8H2,1-5H3,(H,14,16). The SMILES string of the molecule is CCCCc1c(O)nn(C(C)C)c1C(C)C. The molecule has 0 spiro atoms. The summed E-state index contributed by atoms with van der Waals surface area (Å²) in [5.74, 6) is 0.633. The molecule has 1 N–H and O–H groups in total. The fourth-order valence-electron chi connectivity index (χ4n) is 2.07. The second kappa shape index (κ2) is 5.37. The minimum atomic E-state index is 0.228. The Morgan fingerprint density at radius 2 is 1.88 bits per heavy atom. The molecule has 0 aliphatic heterocycles. The molecule has 92 valence electrons. The van der Waals surface area contributed by atoms with Crippen molar-refractivity contribution in [1.82, 2.24) is 9.78 Å². The Labute approximate surface area is 98.5 Å². The fourth-order valence-corrected chi connectivity index (χ4v) is 2.07. The Balaban J connectivity index is 3.13. The lowest BCUT2D eigenvalue weighted by molar-refractivity contribution is 0.419. The molecule has 3 nitrogen and oxygen atoms in total. The highest BCUT2D eigenvalue weighted by molar-refractivity contribution is 5.33. The largest absolute Gasteiger partial charge is 0.492 e. The first-order valence-corrected chi connectivity index (χ1v) is 6.29. The van der Waals surface area contributed by atoms with Crippen molar-refractivity contribution < 1.29 is 5.11 Å². The van der Waals surface area contributed by atoms with E-state index in [1.165, 1.54) is 5.69 Å². The summed E-state index contributed by atoms with van der Waals surface area (Å²) in [6.45, 7) is 10.7. The molecule has 16 heavy (non-hydrogen) atoms. The molecule has 0 radical (unpaired) electrons. The van der Waals surface area contributed by atoms with Gasteiger partial charge in [-0.3, -0.25) is 4.68 Å². The van der Waals surface area contributed by atoms with E-state index in [1.54, 1.807) is 0 Å². The van der Waals surface area contributed by atoms with Crippen LogP contribution in [0.5, 0.6) is 5.88 Å². The molecule has 0 fully saturated rings.